The zero-order valence-electron chi connectivity index (χ0n) is 10.6. The van der Waals surface area contributed by atoms with Gasteiger partial charge in [-0.15, -0.1) is 13.2 Å². The van der Waals surface area contributed by atoms with Gasteiger partial charge in [0.1, 0.15) is 0 Å². The highest BCUT2D eigenvalue weighted by Crippen LogP contribution is 2.12. The van der Waals surface area contributed by atoms with Gasteiger partial charge >= 0.3 is 0 Å². The summed E-state index contributed by atoms with van der Waals surface area (Å²) < 4.78 is 0. The van der Waals surface area contributed by atoms with E-state index in [2.05, 4.69) is 23.8 Å². The zero-order chi connectivity index (χ0) is 14.3. The molecule has 0 aliphatic carbocycles. The fourth-order valence-electron chi connectivity index (χ4n) is 1.45. The maximum absolute atomic E-state index is 11.8. The molecular weight excluding hydrogens is 242 g/mol. The van der Waals surface area contributed by atoms with Crippen LogP contribution in [0.3, 0.4) is 0 Å². The lowest BCUT2D eigenvalue weighted by Gasteiger charge is -2.07. The SMILES string of the molecule is C=CCNC(=O)c1cc(N)cc(C(=O)NCC=C)c1. The molecule has 0 aliphatic rings. The average molecular weight is 259 g/mol. The van der Waals surface area contributed by atoms with Crippen molar-refractivity contribution in [1.82, 2.24) is 10.6 Å². The van der Waals surface area contributed by atoms with Crippen molar-refractivity contribution in [3.63, 3.8) is 0 Å². The maximum Gasteiger partial charge on any atom is 0.251 e. The van der Waals surface area contributed by atoms with Gasteiger partial charge in [-0.1, -0.05) is 12.2 Å². The second-order valence-corrected chi connectivity index (χ2v) is 3.84. The third kappa shape index (κ3) is 4.31. The monoisotopic (exact) mass is 259 g/mol. The van der Waals surface area contributed by atoms with E-state index in [1.54, 1.807) is 12.2 Å². The van der Waals surface area contributed by atoms with Crippen molar-refractivity contribution in [3.8, 4) is 0 Å². The Kier molecular flexibility index (Phi) is 5.35. The molecule has 5 heteroatoms. The summed E-state index contributed by atoms with van der Waals surface area (Å²) in [5.74, 6) is -0.602. The van der Waals surface area contributed by atoms with Crippen molar-refractivity contribution in [3.05, 3.63) is 54.6 Å². The normalized spacial score (nSPS) is 9.47. The van der Waals surface area contributed by atoms with Gasteiger partial charge in [-0.2, -0.15) is 0 Å². The highest BCUT2D eigenvalue weighted by atomic mass is 16.2. The van der Waals surface area contributed by atoms with E-state index in [1.807, 2.05) is 0 Å². The number of carbonyl (C=O) groups is 2. The first-order chi connectivity index (χ1) is 9.08. The minimum absolute atomic E-state index is 0.301. The highest BCUT2D eigenvalue weighted by molar-refractivity contribution is 6.01. The molecule has 0 bridgehead atoms. The van der Waals surface area contributed by atoms with E-state index < -0.39 is 0 Å². The Hall–Kier alpha value is -2.56. The van der Waals surface area contributed by atoms with Crippen LogP contribution in [0, 0.1) is 0 Å². The Labute approximate surface area is 112 Å². The Morgan fingerprint density at radius 3 is 1.79 bits per heavy atom. The Bertz CT molecular complexity index is 467. The van der Waals surface area contributed by atoms with Gasteiger partial charge in [0.15, 0.2) is 0 Å². The van der Waals surface area contributed by atoms with E-state index in [0.717, 1.165) is 0 Å². The lowest BCUT2D eigenvalue weighted by Crippen LogP contribution is -2.26. The Morgan fingerprint density at radius 2 is 1.42 bits per heavy atom. The van der Waals surface area contributed by atoms with E-state index in [4.69, 9.17) is 5.73 Å². The molecule has 0 atom stereocenters. The summed E-state index contributed by atoms with van der Waals surface area (Å²) in [6.45, 7) is 7.73. The lowest BCUT2D eigenvalue weighted by molar-refractivity contribution is 0.0957. The fraction of sp³-hybridized carbons (Fsp3) is 0.143. The smallest absolute Gasteiger partial charge is 0.251 e. The summed E-state index contributed by atoms with van der Waals surface area (Å²) in [5.41, 5.74) is 6.73. The summed E-state index contributed by atoms with van der Waals surface area (Å²) >= 11 is 0. The number of nitrogen functional groups attached to an aromatic ring is 1. The number of nitrogens with two attached hydrogens (primary N) is 1. The molecular formula is C14H17N3O2. The maximum atomic E-state index is 11.8. The van der Waals surface area contributed by atoms with Gasteiger partial charge in [-0.25, -0.2) is 0 Å². The molecule has 0 heterocycles. The second kappa shape index (κ2) is 7.00. The molecule has 0 aliphatic heterocycles. The van der Waals surface area contributed by atoms with Gasteiger partial charge in [0.25, 0.3) is 11.8 Å². The van der Waals surface area contributed by atoms with E-state index in [-0.39, 0.29) is 11.8 Å². The molecule has 0 saturated carbocycles. The molecule has 100 valence electrons. The van der Waals surface area contributed by atoms with Crippen molar-refractivity contribution >= 4 is 17.5 Å². The van der Waals surface area contributed by atoms with Crippen LogP contribution in [-0.2, 0) is 0 Å². The number of hydrogen-bond acceptors (Lipinski definition) is 3. The van der Waals surface area contributed by atoms with Crippen LogP contribution >= 0.6 is 0 Å². The molecule has 1 aromatic rings. The average Bonchev–Trinajstić information content (AvgIpc) is 2.41. The molecule has 0 unspecified atom stereocenters. The number of hydrogen-bond donors (Lipinski definition) is 3. The van der Waals surface area contributed by atoms with Crippen molar-refractivity contribution in [2.75, 3.05) is 18.8 Å². The Balaban J connectivity index is 2.93. The quantitative estimate of drug-likeness (QED) is 0.528. The minimum Gasteiger partial charge on any atom is -0.399 e. The molecule has 0 spiro atoms. The fourth-order valence-corrected chi connectivity index (χ4v) is 1.45. The number of rotatable bonds is 6. The van der Waals surface area contributed by atoms with Gasteiger partial charge in [-0.05, 0) is 18.2 Å². The predicted octanol–water partition coefficient (Wildman–Crippen LogP) is 1.10. The van der Waals surface area contributed by atoms with Gasteiger partial charge < -0.3 is 16.4 Å². The molecule has 19 heavy (non-hydrogen) atoms. The van der Waals surface area contributed by atoms with Crippen LogP contribution in [0.4, 0.5) is 5.69 Å². The number of amides is 2. The molecule has 4 N–H and O–H groups in total. The highest BCUT2D eigenvalue weighted by Gasteiger charge is 2.11. The molecule has 5 nitrogen and oxygen atoms in total. The predicted molar refractivity (Wildman–Crippen MR) is 75.9 cm³/mol. The lowest BCUT2D eigenvalue weighted by atomic mass is 10.1. The summed E-state index contributed by atoms with van der Waals surface area (Å²) in [6.07, 6.45) is 3.14. The van der Waals surface area contributed by atoms with Crippen molar-refractivity contribution in [2.45, 2.75) is 0 Å². The second-order valence-electron chi connectivity index (χ2n) is 3.84. The molecule has 0 fully saturated rings. The summed E-state index contributed by atoms with van der Waals surface area (Å²) in [6, 6.07) is 4.53. The van der Waals surface area contributed by atoms with Gasteiger partial charge in [0, 0.05) is 29.9 Å². The van der Waals surface area contributed by atoms with Crippen molar-refractivity contribution in [1.29, 1.82) is 0 Å². The van der Waals surface area contributed by atoms with Gasteiger partial charge in [0.05, 0.1) is 0 Å². The van der Waals surface area contributed by atoms with E-state index >= 15 is 0 Å². The van der Waals surface area contributed by atoms with Crippen LogP contribution in [0.25, 0.3) is 0 Å². The van der Waals surface area contributed by atoms with Crippen molar-refractivity contribution in [2.24, 2.45) is 0 Å². The first-order valence-electron chi connectivity index (χ1n) is 5.77. The van der Waals surface area contributed by atoms with Crippen LogP contribution in [-0.4, -0.2) is 24.9 Å². The molecule has 0 radical (unpaired) electrons. The third-order valence-corrected chi connectivity index (χ3v) is 2.29. The summed E-state index contributed by atoms with van der Waals surface area (Å²) in [7, 11) is 0. The standard InChI is InChI=1S/C14H17N3O2/c1-3-5-16-13(18)10-7-11(9-12(15)8-10)14(19)17-6-4-2/h3-4,7-9H,1-2,5-6,15H2,(H,16,18)(H,17,19). The molecule has 0 aromatic heterocycles. The first kappa shape index (κ1) is 14.5. The molecule has 1 rings (SSSR count). The van der Waals surface area contributed by atoms with Crippen LogP contribution < -0.4 is 16.4 Å². The number of nitrogens with one attached hydrogen (secondary N) is 2. The van der Waals surface area contributed by atoms with Crippen molar-refractivity contribution < 1.29 is 9.59 Å². The molecule has 2 amide bonds. The number of carbonyl (C=O) groups excluding carboxylic acids is 2. The first-order valence-corrected chi connectivity index (χ1v) is 5.77. The van der Waals surface area contributed by atoms with E-state index in [0.29, 0.717) is 29.9 Å². The van der Waals surface area contributed by atoms with E-state index in [9.17, 15) is 9.59 Å². The van der Waals surface area contributed by atoms with Crippen LogP contribution in [0.5, 0.6) is 0 Å². The summed E-state index contributed by atoms with van der Waals surface area (Å²) in [4.78, 5) is 23.6. The topological polar surface area (TPSA) is 84.2 Å². The van der Waals surface area contributed by atoms with Gasteiger partial charge in [0.2, 0.25) is 0 Å². The van der Waals surface area contributed by atoms with Crippen LogP contribution in [0.1, 0.15) is 20.7 Å². The number of benzene rings is 1. The number of anilines is 1. The van der Waals surface area contributed by atoms with Crippen LogP contribution in [0.15, 0.2) is 43.5 Å². The third-order valence-electron chi connectivity index (χ3n) is 2.29. The zero-order valence-corrected chi connectivity index (χ0v) is 10.6. The minimum atomic E-state index is -0.301. The van der Waals surface area contributed by atoms with Gasteiger partial charge in [-0.3, -0.25) is 9.59 Å². The molecule has 1 aromatic carbocycles. The molecule has 0 saturated heterocycles. The Morgan fingerprint density at radius 1 is 1.00 bits per heavy atom. The summed E-state index contributed by atoms with van der Waals surface area (Å²) in [5, 5.41) is 5.25. The van der Waals surface area contributed by atoms with Crippen LogP contribution in [0.2, 0.25) is 0 Å². The van der Waals surface area contributed by atoms with E-state index in [1.165, 1.54) is 18.2 Å². The largest absolute Gasteiger partial charge is 0.399 e.